The van der Waals surface area contributed by atoms with Gasteiger partial charge in [0, 0.05) is 86.9 Å². The van der Waals surface area contributed by atoms with Crippen molar-refractivity contribution in [2.24, 2.45) is 11.3 Å². The van der Waals surface area contributed by atoms with E-state index in [4.69, 9.17) is 14.5 Å². The first-order valence-electron chi connectivity index (χ1n) is 20.1. The molecule has 0 radical (unpaired) electrons. The Hall–Kier alpha value is -3.62. The van der Waals surface area contributed by atoms with Crippen molar-refractivity contribution in [3.8, 4) is 17.2 Å². The fourth-order valence-corrected chi connectivity index (χ4v) is 9.14. The third-order valence-electron chi connectivity index (χ3n) is 11.9. The van der Waals surface area contributed by atoms with Gasteiger partial charge in [0.1, 0.15) is 29.7 Å². The Balaban J connectivity index is 0.00000155. The zero-order chi connectivity index (χ0) is 39.6. The van der Waals surface area contributed by atoms with Crippen LogP contribution in [-0.4, -0.2) is 118 Å². The number of aromatic nitrogens is 3. The molecule has 56 heavy (non-hydrogen) atoms. The maximum absolute atomic E-state index is 14.5. The summed E-state index contributed by atoms with van der Waals surface area (Å²) in [6.07, 6.45) is 13.6. The molecule has 1 aromatic carbocycles. The number of pyridine rings is 1. The maximum Gasteiger partial charge on any atom is 0.258 e. The number of ether oxygens (including phenoxy) is 2. The van der Waals surface area contributed by atoms with Crippen LogP contribution in [0.5, 0.6) is 17.2 Å². The number of rotatable bonds is 12. The molecule has 2 aliphatic carbocycles. The molecule has 1 amide bonds. The lowest BCUT2D eigenvalue weighted by molar-refractivity contribution is -0.120. The van der Waals surface area contributed by atoms with Gasteiger partial charge in [-0.3, -0.25) is 14.7 Å². The highest BCUT2D eigenvalue weighted by Gasteiger charge is 2.54. The number of halogens is 3. The lowest BCUT2D eigenvalue weighted by Crippen LogP contribution is -2.65. The predicted molar refractivity (Wildman–Crippen MR) is 214 cm³/mol. The first-order chi connectivity index (χ1) is 26.9. The van der Waals surface area contributed by atoms with Gasteiger partial charge < -0.3 is 24.2 Å². The highest BCUT2D eigenvalue weighted by molar-refractivity contribution is 7.97. The first kappa shape index (κ1) is 40.6. The normalized spacial score (nSPS) is 21.7. The van der Waals surface area contributed by atoms with E-state index >= 15 is 0 Å². The standard InChI is InChI=1S/C40H50F3N7O3.C2H6S/c1-26(2)50(29-16-40(42,43)17-29)38(51)31-15-28(41)5-6-34(31)53-36-20-44-25-46-37(36)49-23-39(24-49)18-30(19-39)52-35-7-10-45-33-9-14-48(22-32(33)35)12-4-11-47-13-8-27(3)21-47;1-3-2/h5-7,10,15,20,25-27,29-30H,4,8-9,11-14,16-19,21-24H2,1-3H3;1-2H3. The van der Waals surface area contributed by atoms with Crippen LogP contribution in [0.15, 0.2) is 43.0 Å². The van der Waals surface area contributed by atoms with Crippen molar-refractivity contribution in [3.05, 3.63) is 65.6 Å². The molecule has 8 rings (SSSR count). The molecule has 2 aromatic heterocycles. The van der Waals surface area contributed by atoms with Crippen LogP contribution in [0.1, 0.15) is 80.9 Å². The average Bonchev–Trinajstić information content (AvgIpc) is 3.54. The van der Waals surface area contributed by atoms with Crippen molar-refractivity contribution in [1.82, 2.24) is 29.7 Å². The van der Waals surface area contributed by atoms with E-state index in [2.05, 4.69) is 31.6 Å². The second-order valence-electron chi connectivity index (χ2n) is 16.9. The molecule has 3 aliphatic heterocycles. The summed E-state index contributed by atoms with van der Waals surface area (Å²) in [6, 6.07) is 4.74. The van der Waals surface area contributed by atoms with Crippen LogP contribution < -0.4 is 14.4 Å². The summed E-state index contributed by atoms with van der Waals surface area (Å²) in [5.74, 6) is -1.15. The van der Waals surface area contributed by atoms with Crippen LogP contribution in [0.2, 0.25) is 0 Å². The summed E-state index contributed by atoms with van der Waals surface area (Å²) in [5, 5.41) is 0. The van der Waals surface area contributed by atoms with Crippen LogP contribution in [-0.2, 0) is 13.0 Å². The minimum Gasteiger partial charge on any atom is -0.490 e. The van der Waals surface area contributed by atoms with E-state index in [1.807, 2.05) is 24.8 Å². The van der Waals surface area contributed by atoms with Crippen LogP contribution >= 0.6 is 11.8 Å². The quantitative estimate of drug-likeness (QED) is 0.183. The Morgan fingerprint density at radius 2 is 1.77 bits per heavy atom. The summed E-state index contributed by atoms with van der Waals surface area (Å²) >= 11 is 1.75. The third kappa shape index (κ3) is 9.07. The molecule has 5 aliphatic rings. The first-order valence-corrected chi connectivity index (χ1v) is 21.7. The number of benzene rings is 1. The zero-order valence-electron chi connectivity index (χ0n) is 33.4. The number of hydrogen-bond donors (Lipinski definition) is 0. The van der Waals surface area contributed by atoms with Crippen molar-refractivity contribution in [3.63, 3.8) is 0 Å². The van der Waals surface area contributed by atoms with E-state index < -0.39 is 36.5 Å². The molecule has 3 aromatic rings. The smallest absolute Gasteiger partial charge is 0.258 e. The molecule has 1 atom stereocenters. The highest BCUT2D eigenvalue weighted by atomic mass is 32.2. The molecule has 0 N–H and O–H groups in total. The molecular formula is C42H56F3N7O3S. The summed E-state index contributed by atoms with van der Waals surface area (Å²) < 4.78 is 54.9. The van der Waals surface area contributed by atoms with Crippen LogP contribution in [0.3, 0.4) is 0 Å². The van der Waals surface area contributed by atoms with E-state index in [-0.39, 0.29) is 28.9 Å². The van der Waals surface area contributed by atoms with Gasteiger partial charge in [-0.15, -0.1) is 0 Å². The Bertz CT molecular complexity index is 1830. The van der Waals surface area contributed by atoms with Crippen molar-refractivity contribution in [2.45, 2.75) is 96.4 Å². The third-order valence-corrected chi connectivity index (χ3v) is 11.9. The molecule has 1 unspecified atom stereocenters. The van der Waals surface area contributed by atoms with Gasteiger partial charge in [0.25, 0.3) is 11.8 Å². The second kappa shape index (κ2) is 17.1. The largest absolute Gasteiger partial charge is 0.490 e. The minimum absolute atomic E-state index is 0.0269. The molecule has 304 valence electrons. The highest BCUT2D eigenvalue weighted by Crippen LogP contribution is 2.52. The number of fused-ring (bicyclic) bond motifs is 1. The number of carbonyl (C=O) groups is 1. The number of nitrogens with zero attached hydrogens (tertiary/aromatic N) is 7. The summed E-state index contributed by atoms with van der Waals surface area (Å²) in [6.45, 7) is 14.0. The van der Waals surface area contributed by atoms with E-state index in [1.165, 1.54) is 67.6 Å². The number of carbonyl (C=O) groups excluding carboxylic acids is 1. The van der Waals surface area contributed by atoms with Gasteiger partial charge in [-0.25, -0.2) is 23.1 Å². The molecule has 4 fully saturated rings. The molecule has 2 saturated carbocycles. The number of thioether (sulfide) groups is 1. The second-order valence-corrected chi connectivity index (χ2v) is 17.7. The van der Waals surface area contributed by atoms with Gasteiger partial charge in [-0.1, -0.05) is 6.92 Å². The van der Waals surface area contributed by atoms with Gasteiger partial charge in [0.05, 0.1) is 11.8 Å². The lowest BCUT2D eigenvalue weighted by atomic mass is 9.61. The number of alkyl halides is 2. The Morgan fingerprint density at radius 3 is 2.46 bits per heavy atom. The van der Waals surface area contributed by atoms with Gasteiger partial charge in [0.2, 0.25) is 0 Å². The topological polar surface area (TPSA) is 87.2 Å². The monoisotopic (exact) mass is 795 g/mol. The van der Waals surface area contributed by atoms with Gasteiger partial charge in [-0.2, -0.15) is 11.8 Å². The average molecular weight is 796 g/mol. The number of hydrogen-bond acceptors (Lipinski definition) is 10. The van der Waals surface area contributed by atoms with Gasteiger partial charge >= 0.3 is 0 Å². The van der Waals surface area contributed by atoms with Crippen molar-refractivity contribution in [1.29, 1.82) is 0 Å². The predicted octanol–water partition coefficient (Wildman–Crippen LogP) is 7.57. The van der Waals surface area contributed by atoms with E-state index in [0.717, 1.165) is 75.4 Å². The fraction of sp³-hybridized carbons (Fsp3) is 0.619. The molecule has 2 saturated heterocycles. The number of anilines is 1. The van der Waals surface area contributed by atoms with Crippen molar-refractivity contribution >= 4 is 23.5 Å². The van der Waals surface area contributed by atoms with Gasteiger partial charge in [0.15, 0.2) is 11.6 Å². The summed E-state index contributed by atoms with van der Waals surface area (Å²) in [4.78, 5) is 35.8. The van der Waals surface area contributed by atoms with E-state index in [1.54, 1.807) is 25.6 Å². The van der Waals surface area contributed by atoms with Crippen LogP contribution in [0, 0.1) is 17.2 Å². The zero-order valence-corrected chi connectivity index (χ0v) is 34.2. The molecule has 10 nitrogen and oxygen atoms in total. The van der Waals surface area contributed by atoms with Crippen LogP contribution in [0.4, 0.5) is 19.0 Å². The SMILES string of the molecule is CC1CCN(CCCN2CCc3nccc(OC4CC5(C4)CN(c4ncncc4Oc4ccc(F)cc4C(=O)N(C(C)C)C4CC(F)(F)C4)C5)c3C2)C1.CSC. The molecular weight excluding hydrogens is 740 g/mol. The van der Waals surface area contributed by atoms with Gasteiger partial charge in [-0.05, 0) is 102 Å². The fourth-order valence-electron chi connectivity index (χ4n) is 9.14. The number of amides is 1. The Labute approximate surface area is 333 Å². The van der Waals surface area contributed by atoms with Crippen molar-refractivity contribution in [2.75, 3.05) is 63.2 Å². The Morgan fingerprint density at radius 1 is 1.02 bits per heavy atom. The maximum atomic E-state index is 14.5. The van der Waals surface area contributed by atoms with Crippen LogP contribution in [0.25, 0.3) is 0 Å². The number of likely N-dealkylation sites (tertiary alicyclic amines) is 1. The summed E-state index contributed by atoms with van der Waals surface area (Å²) in [7, 11) is 0. The lowest BCUT2D eigenvalue weighted by Gasteiger charge is -2.59. The minimum atomic E-state index is -2.80. The molecule has 0 bridgehead atoms. The molecule has 14 heteroatoms. The molecule has 5 heterocycles. The van der Waals surface area contributed by atoms with Crippen molar-refractivity contribution < 1.29 is 27.4 Å². The Kier molecular flexibility index (Phi) is 12.4. The van der Waals surface area contributed by atoms with E-state index in [9.17, 15) is 18.0 Å². The summed E-state index contributed by atoms with van der Waals surface area (Å²) in [5.41, 5.74) is 2.47. The van der Waals surface area contributed by atoms with E-state index in [0.29, 0.717) is 11.6 Å². The molecule has 1 spiro atoms.